The van der Waals surface area contributed by atoms with Crippen LogP contribution < -0.4 is 4.74 Å². The summed E-state index contributed by atoms with van der Waals surface area (Å²) in [7, 11) is 0. The number of para-hydroxylation sites is 1. The van der Waals surface area contributed by atoms with E-state index in [1.165, 1.54) is 4.88 Å². The molecule has 0 radical (unpaired) electrons. The van der Waals surface area contributed by atoms with Gasteiger partial charge in [-0.3, -0.25) is 4.79 Å². The Labute approximate surface area is 145 Å². The lowest BCUT2D eigenvalue weighted by molar-refractivity contribution is -0.129. The van der Waals surface area contributed by atoms with Crippen molar-refractivity contribution in [2.45, 2.75) is 18.9 Å². The lowest BCUT2D eigenvalue weighted by atomic mass is 10.2. The molecule has 1 fully saturated rings. The van der Waals surface area contributed by atoms with Crippen molar-refractivity contribution in [3.63, 3.8) is 0 Å². The van der Waals surface area contributed by atoms with Crippen molar-refractivity contribution in [1.29, 1.82) is 0 Å². The fourth-order valence-electron chi connectivity index (χ4n) is 2.82. The van der Waals surface area contributed by atoms with E-state index >= 15 is 0 Å². The smallest absolute Gasteiger partial charge is 0.233 e. The molecule has 1 saturated heterocycles. The SMILES string of the molecule is O=C(CSCCOc1ccccc1)N1CCCC1c1cccs1. The molecular weight excluding hydrogens is 326 g/mol. The van der Waals surface area contributed by atoms with Crippen LogP contribution in [0.15, 0.2) is 47.8 Å². The highest BCUT2D eigenvalue weighted by Gasteiger charge is 2.30. The van der Waals surface area contributed by atoms with Crippen LogP contribution in [-0.4, -0.2) is 35.5 Å². The van der Waals surface area contributed by atoms with E-state index in [9.17, 15) is 4.79 Å². The van der Waals surface area contributed by atoms with E-state index in [4.69, 9.17) is 4.74 Å². The third-order valence-corrected chi connectivity index (χ3v) is 5.79. The molecule has 1 aliphatic heterocycles. The van der Waals surface area contributed by atoms with Gasteiger partial charge in [-0.1, -0.05) is 24.3 Å². The summed E-state index contributed by atoms with van der Waals surface area (Å²) < 4.78 is 5.65. The summed E-state index contributed by atoms with van der Waals surface area (Å²) in [5.74, 6) is 2.51. The summed E-state index contributed by atoms with van der Waals surface area (Å²) in [5, 5.41) is 2.09. The highest BCUT2D eigenvalue weighted by Crippen LogP contribution is 2.34. The van der Waals surface area contributed by atoms with Gasteiger partial charge < -0.3 is 9.64 Å². The average molecular weight is 348 g/mol. The van der Waals surface area contributed by atoms with E-state index in [-0.39, 0.29) is 5.91 Å². The summed E-state index contributed by atoms with van der Waals surface area (Å²) in [5.41, 5.74) is 0. The van der Waals surface area contributed by atoms with Gasteiger partial charge in [0, 0.05) is 17.2 Å². The minimum atomic E-state index is 0.255. The highest BCUT2D eigenvalue weighted by atomic mass is 32.2. The highest BCUT2D eigenvalue weighted by molar-refractivity contribution is 7.99. The number of amides is 1. The van der Waals surface area contributed by atoms with Crippen molar-refractivity contribution in [2.24, 2.45) is 0 Å². The van der Waals surface area contributed by atoms with Gasteiger partial charge in [0.15, 0.2) is 0 Å². The quantitative estimate of drug-likeness (QED) is 0.702. The van der Waals surface area contributed by atoms with Crippen LogP contribution in [0.5, 0.6) is 5.75 Å². The van der Waals surface area contributed by atoms with Gasteiger partial charge in [0.05, 0.1) is 18.4 Å². The third-order valence-electron chi connectivity index (χ3n) is 3.91. The van der Waals surface area contributed by atoms with E-state index in [1.54, 1.807) is 23.1 Å². The first-order chi connectivity index (χ1) is 11.3. The molecule has 1 aromatic heterocycles. The second-order valence-electron chi connectivity index (χ2n) is 5.47. The molecule has 0 bridgehead atoms. The Hall–Kier alpha value is -1.46. The van der Waals surface area contributed by atoms with E-state index in [0.717, 1.165) is 30.9 Å². The molecule has 122 valence electrons. The second-order valence-corrected chi connectivity index (χ2v) is 7.56. The van der Waals surface area contributed by atoms with Gasteiger partial charge in [-0.2, -0.15) is 0 Å². The van der Waals surface area contributed by atoms with Gasteiger partial charge in [0.25, 0.3) is 0 Å². The van der Waals surface area contributed by atoms with Gasteiger partial charge >= 0.3 is 0 Å². The molecule has 0 spiro atoms. The molecule has 1 aromatic carbocycles. The van der Waals surface area contributed by atoms with Crippen LogP contribution in [0, 0.1) is 0 Å². The van der Waals surface area contributed by atoms with Gasteiger partial charge in [-0.25, -0.2) is 0 Å². The minimum absolute atomic E-state index is 0.255. The number of thioether (sulfide) groups is 1. The number of hydrogen-bond acceptors (Lipinski definition) is 4. The predicted molar refractivity (Wildman–Crippen MR) is 97.3 cm³/mol. The largest absolute Gasteiger partial charge is 0.493 e. The monoisotopic (exact) mass is 347 g/mol. The molecule has 23 heavy (non-hydrogen) atoms. The molecule has 0 aliphatic carbocycles. The number of nitrogens with zero attached hydrogens (tertiary/aromatic N) is 1. The number of ether oxygens (including phenoxy) is 1. The maximum atomic E-state index is 12.5. The van der Waals surface area contributed by atoms with Crippen LogP contribution in [0.1, 0.15) is 23.8 Å². The van der Waals surface area contributed by atoms with Crippen LogP contribution in [0.25, 0.3) is 0 Å². The Morgan fingerprint density at radius 3 is 2.91 bits per heavy atom. The molecule has 0 saturated carbocycles. The Morgan fingerprint density at radius 1 is 1.26 bits per heavy atom. The van der Waals surface area contributed by atoms with E-state index < -0.39 is 0 Å². The molecular formula is C18H21NO2S2. The Bertz CT molecular complexity index is 601. The predicted octanol–water partition coefficient (Wildman–Crippen LogP) is 4.22. The molecule has 5 heteroatoms. The summed E-state index contributed by atoms with van der Waals surface area (Å²) in [6.45, 7) is 1.53. The van der Waals surface area contributed by atoms with Crippen LogP contribution >= 0.6 is 23.1 Å². The number of likely N-dealkylation sites (tertiary alicyclic amines) is 1. The lowest BCUT2D eigenvalue weighted by Crippen LogP contribution is -2.31. The molecule has 1 amide bonds. The maximum Gasteiger partial charge on any atom is 0.233 e. The first kappa shape index (κ1) is 16.4. The number of benzene rings is 1. The summed E-state index contributed by atoms with van der Waals surface area (Å²) >= 11 is 3.40. The molecule has 3 nitrogen and oxygen atoms in total. The van der Waals surface area contributed by atoms with Gasteiger partial charge in [-0.05, 0) is 36.4 Å². The number of thiophene rings is 1. The van der Waals surface area contributed by atoms with Crippen LogP contribution in [0.2, 0.25) is 0 Å². The number of carbonyl (C=O) groups excluding carboxylic acids is 1. The number of hydrogen-bond donors (Lipinski definition) is 0. The molecule has 1 atom stereocenters. The van der Waals surface area contributed by atoms with E-state index in [1.807, 2.05) is 30.3 Å². The normalized spacial score (nSPS) is 17.4. The summed E-state index contributed by atoms with van der Waals surface area (Å²) in [4.78, 5) is 15.8. The Kier molecular flexibility index (Phi) is 6.00. The Balaban J connectivity index is 1.39. The first-order valence-corrected chi connectivity index (χ1v) is 9.96. The van der Waals surface area contributed by atoms with Crippen molar-refractivity contribution >= 4 is 29.0 Å². The van der Waals surface area contributed by atoms with Crippen LogP contribution in [0.4, 0.5) is 0 Å². The molecule has 3 rings (SSSR count). The molecule has 1 aliphatic rings. The molecule has 0 N–H and O–H groups in total. The third kappa shape index (κ3) is 4.52. The molecule has 2 aromatic rings. The van der Waals surface area contributed by atoms with Gasteiger partial charge in [0.2, 0.25) is 5.91 Å². The van der Waals surface area contributed by atoms with Gasteiger partial charge in [0.1, 0.15) is 5.75 Å². The number of carbonyl (C=O) groups is 1. The van der Waals surface area contributed by atoms with Crippen LogP contribution in [-0.2, 0) is 4.79 Å². The van der Waals surface area contributed by atoms with Crippen molar-refractivity contribution in [1.82, 2.24) is 4.90 Å². The van der Waals surface area contributed by atoms with Crippen molar-refractivity contribution in [3.05, 3.63) is 52.7 Å². The zero-order valence-electron chi connectivity index (χ0n) is 13.0. The topological polar surface area (TPSA) is 29.5 Å². The second kappa shape index (κ2) is 8.41. The summed E-state index contributed by atoms with van der Waals surface area (Å²) in [6.07, 6.45) is 2.20. The van der Waals surface area contributed by atoms with Crippen molar-refractivity contribution < 1.29 is 9.53 Å². The van der Waals surface area contributed by atoms with Crippen molar-refractivity contribution in [3.8, 4) is 5.75 Å². The first-order valence-electron chi connectivity index (χ1n) is 7.93. The van der Waals surface area contributed by atoms with E-state index in [2.05, 4.69) is 22.4 Å². The standard InChI is InChI=1S/C18H21NO2S2/c20-18(14-22-13-11-21-15-6-2-1-3-7-15)19-10-4-8-16(19)17-9-5-12-23-17/h1-3,5-7,9,12,16H,4,8,10-11,13-14H2. The fourth-order valence-corrected chi connectivity index (χ4v) is 4.38. The zero-order valence-corrected chi connectivity index (χ0v) is 14.7. The van der Waals surface area contributed by atoms with Crippen molar-refractivity contribution in [2.75, 3.05) is 24.7 Å². The van der Waals surface area contributed by atoms with Gasteiger partial charge in [-0.15, -0.1) is 23.1 Å². The summed E-state index contributed by atoms with van der Waals surface area (Å²) in [6, 6.07) is 14.3. The zero-order chi connectivity index (χ0) is 15.9. The Morgan fingerprint density at radius 2 is 2.13 bits per heavy atom. The van der Waals surface area contributed by atoms with E-state index in [0.29, 0.717) is 18.4 Å². The molecule has 1 unspecified atom stereocenters. The fraction of sp³-hybridized carbons (Fsp3) is 0.389. The average Bonchev–Trinajstić information content (AvgIpc) is 3.26. The number of rotatable bonds is 7. The lowest BCUT2D eigenvalue weighted by Gasteiger charge is -2.23. The maximum absolute atomic E-state index is 12.5. The molecule has 2 heterocycles. The van der Waals surface area contributed by atoms with Crippen LogP contribution in [0.3, 0.4) is 0 Å². The minimum Gasteiger partial charge on any atom is -0.493 e.